The van der Waals surface area contributed by atoms with Crippen molar-refractivity contribution in [2.24, 2.45) is 0 Å². The van der Waals surface area contributed by atoms with Crippen LogP contribution in [0.1, 0.15) is 18.1 Å². The minimum atomic E-state index is -0.148. The molecule has 1 N–H and O–H groups in total. The molecule has 0 spiro atoms. The van der Waals surface area contributed by atoms with E-state index in [4.69, 9.17) is 12.2 Å². The third-order valence-electron chi connectivity index (χ3n) is 7.22. The van der Waals surface area contributed by atoms with E-state index < -0.39 is 0 Å². The fraction of sp³-hybridized carbons (Fsp3) is 0.345. The van der Waals surface area contributed by atoms with E-state index in [0.717, 1.165) is 48.3 Å². The van der Waals surface area contributed by atoms with Crippen LogP contribution in [0.2, 0.25) is 0 Å². The first-order valence-electron chi connectivity index (χ1n) is 13.0. The van der Waals surface area contributed by atoms with E-state index in [9.17, 15) is 14.7 Å². The zero-order chi connectivity index (χ0) is 26.6. The summed E-state index contributed by atoms with van der Waals surface area (Å²) in [5.74, 6) is -0.148. The second kappa shape index (κ2) is 11.8. The van der Waals surface area contributed by atoms with Gasteiger partial charge in [-0.3, -0.25) is 19.4 Å². The molecule has 0 saturated carbocycles. The number of hydrogen-bond donors (Lipinski definition) is 1. The maximum atomic E-state index is 13.9. The average molecular weight is 549 g/mol. The normalized spacial score (nSPS) is 17.8. The van der Waals surface area contributed by atoms with Crippen LogP contribution in [0.5, 0.6) is 0 Å². The zero-order valence-corrected chi connectivity index (χ0v) is 23.1. The molecular formula is C29H32N4O3S2. The summed E-state index contributed by atoms with van der Waals surface area (Å²) in [6.07, 6.45) is 2.47. The Bertz CT molecular complexity index is 1430. The van der Waals surface area contributed by atoms with E-state index >= 15 is 0 Å². The number of amides is 1. The Morgan fingerprint density at radius 1 is 0.974 bits per heavy atom. The third-order valence-corrected chi connectivity index (χ3v) is 8.60. The van der Waals surface area contributed by atoms with Gasteiger partial charge in [0.25, 0.3) is 11.5 Å². The van der Waals surface area contributed by atoms with Gasteiger partial charge in [0.2, 0.25) is 0 Å². The molecule has 2 aliphatic heterocycles. The minimum Gasteiger partial charge on any atom is -0.395 e. The van der Waals surface area contributed by atoms with E-state index in [1.807, 2.05) is 55.5 Å². The first kappa shape index (κ1) is 26.6. The highest BCUT2D eigenvalue weighted by Gasteiger charge is 2.33. The zero-order valence-electron chi connectivity index (χ0n) is 21.5. The molecule has 2 fully saturated rings. The summed E-state index contributed by atoms with van der Waals surface area (Å²) in [5.41, 5.74) is 3.33. The number of thioether (sulfide) groups is 1. The number of pyridine rings is 1. The number of para-hydroxylation sites is 1. The highest BCUT2D eigenvalue weighted by molar-refractivity contribution is 8.26. The fourth-order valence-electron chi connectivity index (χ4n) is 5.24. The molecule has 198 valence electrons. The van der Waals surface area contributed by atoms with Crippen molar-refractivity contribution in [2.75, 3.05) is 50.8 Å². The summed E-state index contributed by atoms with van der Waals surface area (Å²) in [4.78, 5) is 34.0. The van der Waals surface area contributed by atoms with E-state index in [-0.39, 0.29) is 18.1 Å². The van der Waals surface area contributed by atoms with Crippen LogP contribution in [0.4, 0.5) is 5.69 Å². The number of thiocarbonyl (C=S) groups is 1. The summed E-state index contributed by atoms with van der Waals surface area (Å²) < 4.78 is 2.30. The van der Waals surface area contributed by atoms with Gasteiger partial charge in [0, 0.05) is 51.2 Å². The van der Waals surface area contributed by atoms with Gasteiger partial charge in [-0.25, -0.2) is 0 Å². The fourth-order valence-corrected chi connectivity index (χ4v) is 6.53. The number of nitrogens with zero attached hydrogens (tertiary/aromatic N) is 4. The molecule has 0 radical (unpaired) electrons. The molecular weight excluding hydrogens is 516 g/mol. The molecule has 1 amide bonds. The number of rotatable bonds is 8. The summed E-state index contributed by atoms with van der Waals surface area (Å²) in [6, 6.07) is 18.0. The summed E-state index contributed by atoms with van der Waals surface area (Å²) >= 11 is 6.86. The van der Waals surface area contributed by atoms with E-state index in [1.165, 1.54) is 11.8 Å². The molecule has 5 rings (SSSR count). The SMILES string of the molecule is CCn1c(=O)c(C=C2SC(=S)N(CCc3ccccc3)C2=O)c(N2CCN(CCO)CC2)c2ccccc21. The summed E-state index contributed by atoms with van der Waals surface area (Å²) in [5, 5.41) is 10.4. The van der Waals surface area contributed by atoms with Gasteiger partial charge in [0.1, 0.15) is 4.32 Å². The maximum Gasteiger partial charge on any atom is 0.266 e. The van der Waals surface area contributed by atoms with Gasteiger partial charge < -0.3 is 14.6 Å². The molecule has 3 heterocycles. The van der Waals surface area contributed by atoms with Gasteiger partial charge in [-0.05, 0) is 31.1 Å². The second-order valence-corrected chi connectivity index (χ2v) is 11.1. The predicted molar refractivity (Wildman–Crippen MR) is 160 cm³/mol. The number of aliphatic hydroxyl groups excluding tert-OH is 1. The minimum absolute atomic E-state index is 0.103. The van der Waals surface area contributed by atoms with Crippen LogP contribution in [0.3, 0.4) is 0 Å². The lowest BCUT2D eigenvalue weighted by Crippen LogP contribution is -2.48. The highest BCUT2D eigenvalue weighted by Crippen LogP contribution is 2.36. The van der Waals surface area contributed by atoms with Gasteiger partial charge in [-0.2, -0.15) is 0 Å². The number of hydrogen-bond acceptors (Lipinski definition) is 7. The maximum absolute atomic E-state index is 13.9. The monoisotopic (exact) mass is 548 g/mol. The molecule has 38 heavy (non-hydrogen) atoms. The molecule has 3 aromatic rings. The molecule has 1 aromatic heterocycles. The molecule has 0 atom stereocenters. The quantitative estimate of drug-likeness (QED) is 0.341. The third kappa shape index (κ3) is 5.29. The lowest BCUT2D eigenvalue weighted by Gasteiger charge is -2.37. The lowest BCUT2D eigenvalue weighted by molar-refractivity contribution is -0.122. The van der Waals surface area contributed by atoms with Gasteiger partial charge in [-0.15, -0.1) is 0 Å². The molecule has 0 unspecified atom stereocenters. The van der Waals surface area contributed by atoms with E-state index in [2.05, 4.69) is 15.9 Å². The van der Waals surface area contributed by atoms with Crippen molar-refractivity contribution < 1.29 is 9.90 Å². The molecule has 0 aliphatic carbocycles. The molecule has 2 aromatic carbocycles. The number of aliphatic hydroxyl groups is 1. The van der Waals surface area contributed by atoms with Gasteiger partial charge in [-0.1, -0.05) is 72.5 Å². The molecule has 7 nitrogen and oxygen atoms in total. The molecule has 2 saturated heterocycles. The first-order valence-corrected chi connectivity index (χ1v) is 14.3. The largest absolute Gasteiger partial charge is 0.395 e. The van der Waals surface area contributed by atoms with E-state index in [0.29, 0.717) is 40.8 Å². The van der Waals surface area contributed by atoms with Crippen molar-refractivity contribution in [1.29, 1.82) is 0 Å². The Labute approximate surface area is 232 Å². The Kier molecular flexibility index (Phi) is 8.28. The number of benzene rings is 2. The van der Waals surface area contributed by atoms with Crippen LogP contribution in [-0.4, -0.2) is 75.6 Å². The van der Waals surface area contributed by atoms with Crippen LogP contribution < -0.4 is 10.5 Å². The number of piperazine rings is 1. The topological polar surface area (TPSA) is 69.0 Å². The Hall–Kier alpha value is -2.98. The number of β-amino-alcohol motifs (C(OH)–C–C–N with tert-alkyl or cyclic N) is 1. The van der Waals surface area contributed by atoms with Crippen molar-refractivity contribution in [3.8, 4) is 0 Å². The van der Waals surface area contributed by atoms with Gasteiger partial charge in [0.05, 0.1) is 28.3 Å². The number of carbonyl (C=O) groups excluding carboxylic acids is 1. The number of carbonyl (C=O) groups is 1. The Balaban J connectivity index is 1.53. The number of aromatic nitrogens is 1. The summed E-state index contributed by atoms with van der Waals surface area (Å²) in [6.45, 7) is 6.84. The number of aryl methyl sites for hydroxylation is 1. The van der Waals surface area contributed by atoms with Crippen LogP contribution in [0, 0.1) is 0 Å². The van der Waals surface area contributed by atoms with Crippen LogP contribution in [0.15, 0.2) is 64.3 Å². The van der Waals surface area contributed by atoms with Crippen molar-refractivity contribution in [2.45, 2.75) is 19.9 Å². The first-order chi connectivity index (χ1) is 18.5. The van der Waals surface area contributed by atoms with Crippen LogP contribution in [-0.2, 0) is 17.8 Å². The molecule has 2 aliphatic rings. The van der Waals surface area contributed by atoms with Crippen LogP contribution >= 0.6 is 24.0 Å². The van der Waals surface area contributed by atoms with Gasteiger partial charge in [0.15, 0.2) is 0 Å². The summed E-state index contributed by atoms with van der Waals surface area (Å²) in [7, 11) is 0. The van der Waals surface area contributed by atoms with Crippen molar-refractivity contribution in [1.82, 2.24) is 14.4 Å². The smallest absolute Gasteiger partial charge is 0.266 e. The lowest BCUT2D eigenvalue weighted by atomic mass is 10.0. The average Bonchev–Trinajstić information content (AvgIpc) is 3.21. The highest BCUT2D eigenvalue weighted by atomic mass is 32.2. The number of fused-ring (bicyclic) bond motifs is 1. The second-order valence-electron chi connectivity index (χ2n) is 9.45. The van der Waals surface area contributed by atoms with Crippen molar-refractivity contribution in [3.05, 3.63) is 81.0 Å². The Morgan fingerprint density at radius 2 is 1.68 bits per heavy atom. The standard InChI is InChI=1S/C29H32N4O3S2/c1-2-32-24-11-7-6-10-22(24)26(31-16-14-30(15-17-31)18-19-34)23(27(32)35)20-25-28(36)33(29(37)38-25)13-12-21-8-4-3-5-9-21/h3-11,20,34H,2,12-19H2,1H3. The van der Waals surface area contributed by atoms with Crippen LogP contribution in [0.25, 0.3) is 17.0 Å². The molecule has 0 bridgehead atoms. The predicted octanol–water partition coefficient (Wildman–Crippen LogP) is 3.58. The Morgan fingerprint density at radius 3 is 2.39 bits per heavy atom. The van der Waals surface area contributed by atoms with Crippen molar-refractivity contribution in [3.63, 3.8) is 0 Å². The molecule has 9 heteroatoms. The van der Waals surface area contributed by atoms with Gasteiger partial charge >= 0.3 is 0 Å². The van der Waals surface area contributed by atoms with E-state index in [1.54, 1.807) is 15.5 Å². The van der Waals surface area contributed by atoms with Crippen molar-refractivity contribution >= 4 is 56.9 Å². The number of anilines is 1.